The molecule has 27 heavy (non-hydrogen) atoms. The number of carbonyl (C=O) groups is 1. The maximum Gasteiger partial charge on any atom is 0.256 e. The lowest BCUT2D eigenvalue weighted by Gasteiger charge is -2.34. The lowest BCUT2D eigenvalue weighted by molar-refractivity contribution is 0.0754. The Kier molecular flexibility index (Phi) is 6.51. The standard InChI is InChI=1S/C19H27N7O/c1-3-8-24(9-4-2)17(27)16-14-22-19(23-15-16)26-12-10-25(11-13-26)18-20-6-5-7-21-18/h5-7,14-15H,3-4,8-13H2,1-2H3. The summed E-state index contributed by atoms with van der Waals surface area (Å²) in [6, 6.07) is 1.82. The third-order valence-corrected chi connectivity index (χ3v) is 4.56. The number of rotatable bonds is 7. The van der Waals surface area contributed by atoms with Gasteiger partial charge in [0.2, 0.25) is 11.9 Å². The fraction of sp³-hybridized carbons (Fsp3) is 0.526. The second kappa shape index (κ2) is 9.25. The molecule has 0 N–H and O–H groups in total. The molecule has 3 rings (SSSR count). The van der Waals surface area contributed by atoms with E-state index in [4.69, 9.17) is 0 Å². The molecule has 1 fully saturated rings. The van der Waals surface area contributed by atoms with Crippen LogP contribution in [0, 0.1) is 0 Å². The van der Waals surface area contributed by atoms with Crippen molar-refractivity contribution < 1.29 is 4.79 Å². The van der Waals surface area contributed by atoms with E-state index in [1.54, 1.807) is 24.8 Å². The maximum atomic E-state index is 12.6. The molecule has 2 aromatic rings. The summed E-state index contributed by atoms with van der Waals surface area (Å²) in [6.07, 6.45) is 8.70. The molecule has 0 aromatic carbocycles. The zero-order valence-electron chi connectivity index (χ0n) is 16.1. The fourth-order valence-electron chi connectivity index (χ4n) is 3.19. The Morgan fingerprint density at radius 3 is 1.85 bits per heavy atom. The van der Waals surface area contributed by atoms with E-state index in [9.17, 15) is 4.79 Å². The molecule has 0 atom stereocenters. The van der Waals surface area contributed by atoms with E-state index >= 15 is 0 Å². The highest BCUT2D eigenvalue weighted by Crippen LogP contribution is 2.15. The molecular formula is C19H27N7O. The molecule has 1 aliphatic rings. The number of carbonyl (C=O) groups excluding carboxylic acids is 1. The molecule has 144 valence electrons. The molecule has 0 aliphatic carbocycles. The molecule has 0 bridgehead atoms. The predicted molar refractivity (Wildman–Crippen MR) is 105 cm³/mol. The van der Waals surface area contributed by atoms with Crippen molar-refractivity contribution in [3.05, 3.63) is 36.4 Å². The Hall–Kier alpha value is -2.77. The minimum atomic E-state index is 0.0105. The van der Waals surface area contributed by atoms with Crippen LogP contribution in [0.3, 0.4) is 0 Å². The van der Waals surface area contributed by atoms with Crippen LogP contribution in [-0.2, 0) is 0 Å². The monoisotopic (exact) mass is 369 g/mol. The van der Waals surface area contributed by atoms with Crippen LogP contribution in [0.2, 0.25) is 0 Å². The molecule has 2 aromatic heterocycles. The summed E-state index contributed by atoms with van der Waals surface area (Å²) in [5, 5.41) is 0. The van der Waals surface area contributed by atoms with E-state index in [1.165, 1.54) is 0 Å². The first kappa shape index (κ1) is 19.0. The van der Waals surface area contributed by atoms with E-state index in [0.29, 0.717) is 11.5 Å². The third kappa shape index (κ3) is 4.69. The van der Waals surface area contributed by atoms with E-state index < -0.39 is 0 Å². The molecule has 1 amide bonds. The average Bonchev–Trinajstić information content (AvgIpc) is 2.74. The smallest absolute Gasteiger partial charge is 0.256 e. The number of hydrogen-bond donors (Lipinski definition) is 0. The Labute approximate surface area is 160 Å². The number of aromatic nitrogens is 4. The molecular weight excluding hydrogens is 342 g/mol. The normalized spacial score (nSPS) is 14.3. The molecule has 3 heterocycles. The Morgan fingerprint density at radius 2 is 1.37 bits per heavy atom. The Balaban J connectivity index is 1.60. The zero-order valence-corrected chi connectivity index (χ0v) is 16.1. The van der Waals surface area contributed by atoms with Gasteiger partial charge >= 0.3 is 0 Å². The maximum absolute atomic E-state index is 12.6. The van der Waals surface area contributed by atoms with Crippen LogP contribution in [0.25, 0.3) is 0 Å². The quantitative estimate of drug-likeness (QED) is 0.737. The first-order valence-corrected chi connectivity index (χ1v) is 9.61. The molecule has 0 unspecified atom stereocenters. The highest BCUT2D eigenvalue weighted by molar-refractivity contribution is 5.93. The van der Waals surface area contributed by atoms with Gasteiger partial charge in [0.25, 0.3) is 5.91 Å². The lowest BCUT2D eigenvalue weighted by Crippen LogP contribution is -2.47. The van der Waals surface area contributed by atoms with Gasteiger partial charge in [-0.1, -0.05) is 13.8 Å². The molecule has 0 saturated carbocycles. The number of hydrogen-bond acceptors (Lipinski definition) is 7. The van der Waals surface area contributed by atoms with Crippen molar-refractivity contribution in [2.24, 2.45) is 0 Å². The van der Waals surface area contributed by atoms with Crippen molar-refractivity contribution in [2.75, 3.05) is 49.1 Å². The van der Waals surface area contributed by atoms with Gasteiger partial charge in [0, 0.05) is 64.1 Å². The summed E-state index contributed by atoms with van der Waals surface area (Å²) in [5.74, 6) is 1.43. The van der Waals surface area contributed by atoms with Gasteiger partial charge in [0.15, 0.2) is 0 Å². The van der Waals surface area contributed by atoms with Crippen LogP contribution in [0.15, 0.2) is 30.9 Å². The average molecular weight is 369 g/mol. The van der Waals surface area contributed by atoms with Gasteiger partial charge in [-0.15, -0.1) is 0 Å². The summed E-state index contributed by atoms with van der Waals surface area (Å²) >= 11 is 0. The van der Waals surface area contributed by atoms with Crippen LogP contribution < -0.4 is 9.80 Å². The highest BCUT2D eigenvalue weighted by Gasteiger charge is 2.21. The topological polar surface area (TPSA) is 78.4 Å². The fourth-order valence-corrected chi connectivity index (χ4v) is 3.19. The van der Waals surface area contributed by atoms with Crippen molar-refractivity contribution in [3.63, 3.8) is 0 Å². The van der Waals surface area contributed by atoms with Gasteiger partial charge in [0.05, 0.1) is 5.56 Å². The second-order valence-corrected chi connectivity index (χ2v) is 6.59. The second-order valence-electron chi connectivity index (χ2n) is 6.59. The molecule has 1 saturated heterocycles. The molecule has 1 aliphatic heterocycles. The van der Waals surface area contributed by atoms with Crippen molar-refractivity contribution in [1.29, 1.82) is 0 Å². The summed E-state index contributed by atoms with van der Waals surface area (Å²) in [7, 11) is 0. The molecule has 0 radical (unpaired) electrons. The van der Waals surface area contributed by atoms with Crippen LogP contribution in [0.5, 0.6) is 0 Å². The summed E-state index contributed by atoms with van der Waals surface area (Å²) in [6.45, 7) is 8.90. The van der Waals surface area contributed by atoms with Gasteiger partial charge < -0.3 is 14.7 Å². The summed E-state index contributed by atoms with van der Waals surface area (Å²) in [5.41, 5.74) is 0.553. The van der Waals surface area contributed by atoms with Crippen LogP contribution >= 0.6 is 0 Å². The van der Waals surface area contributed by atoms with E-state index in [0.717, 1.165) is 58.1 Å². The minimum absolute atomic E-state index is 0.0105. The van der Waals surface area contributed by atoms with Crippen LogP contribution in [0.4, 0.5) is 11.9 Å². The lowest BCUT2D eigenvalue weighted by atomic mass is 10.2. The number of amides is 1. The Morgan fingerprint density at radius 1 is 0.889 bits per heavy atom. The molecule has 8 heteroatoms. The van der Waals surface area contributed by atoms with Gasteiger partial charge in [-0.2, -0.15) is 0 Å². The summed E-state index contributed by atoms with van der Waals surface area (Å²) in [4.78, 5) is 36.3. The minimum Gasteiger partial charge on any atom is -0.339 e. The van der Waals surface area contributed by atoms with E-state index in [2.05, 4.69) is 43.6 Å². The molecule has 0 spiro atoms. The SMILES string of the molecule is CCCN(CCC)C(=O)c1cnc(N2CCN(c3ncccn3)CC2)nc1. The van der Waals surface area contributed by atoms with Crippen molar-refractivity contribution in [1.82, 2.24) is 24.8 Å². The number of piperazine rings is 1. The third-order valence-electron chi connectivity index (χ3n) is 4.56. The first-order valence-electron chi connectivity index (χ1n) is 9.61. The zero-order chi connectivity index (χ0) is 19.1. The summed E-state index contributed by atoms with van der Waals surface area (Å²) < 4.78 is 0. The van der Waals surface area contributed by atoms with Gasteiger partial charge in [0.1, 0.15) is 0 Å². The van der Waals surface area contributed by atoms with Crippen LogP contribution in [0.1, 0.15) is 37.0 Å². The van der Waals surface area contributed by atoms with Gasteiger partial charge in [-0.05, 0) is 18.9 Å². The first-order chi connectivity index (χ1) is 13.2. The van der Waals surface area contributed by atoms with Crippen molar-refractivity contribution in [3.8, 4) is 0 Å². The largest absolute Gasteiger partial charge is 0.339 e. The van der Waals surface area contributed by atoms with Crippen molar-refractivity contribution >= 4 is 17.8 Å². The van der Waals surface area contributed by atoms with Gasteiger partial charge in [-0.25, -0.2) is 19.9 Å². The molecule has 8 nitrogen and oxygen atoms in total. The van der Waals surface area contributed by atoms with E-state index in [-0.39, 0.29) is 5.91 Å². The van der Waals surface area contributed by atoms with Crippen LogP contribution in [-0.4, -0.2) is 70.0 Å². The van der Waals surface area contributed by atoms with Gasteiger partial charge in [-0.3, -0.25) is 4.79 Å². The number of anilines is 2. The highest BCUT2D eigenvalue weighted by atomic mass is 16.2. The van der Waals surface area contributed by atoms with E-state index in [1.807, 2.05) is 11.0 Å². The Bertz CT molecular complexity index is 709. The predicted octanol–water partition coefficient (Wildman–Crippen LogP) is 1.86. The number of nitrogens with zero attached hydrogens (tertiary/aromatic N) is 7. The van der Waals surface area contributed by atoms with Crippen molar-refractivity contribution in [2.45, 2.75) is 26.7 Å².